The number of halogens is 1. The minimum absolute atomic E-state index is 0.133. The monoisotopic (exact) mass is 249 g/mol. The smallest absolute Gasteiger partial charge is 0.293 e. The van der Waals surface area contributed by atoms with Crippen LogP contribution in [0.5, 0.6) is 0 Å². The summed E-state index contributed by atoms with van der Waals surface area (Å²) in [5, 5.41) is 10.9. The molecule has 6 heteroatoms. The maximum absolute atomic E-state index is 13.3. The molecule has 0 saturated carbocycles. The molecule has 0 aliphatic rings. The van der Waals surface area contributed by atoms with Crippen LogP contribution in [0.1, 0.15) is 19.2 Å². The summed E-state index contributed by atoms with van der Waals surface area (Å²) in [6, 6.07) is 3.40. The van der Waals surface area contributed by atoms with E-state index < -0.39 is 10.7 Å². The first kappa shape index (κ1) is 12.2. The molecule has 2 aromatic rings. The second-order valence-corrected chi connectivity index (χ2v) is 3.85. The first-order chi connectivity index (χ1) is 8.63. The Balaban J connectivity index is 2.58. The molecule has 18 heavy (non-hydrogen) atoms. The number of nitrogens with zero attached hydrogens (tertiary/aromatic N) is 3. The van der Waals surface area contributed by atoms with Gasteiger partial charge in [0, 0.05) is 30.9 Å². The topological polar surface area (TPSA) is 61.0 Å². The van der Waals surface area contributed by atoms with Crippen LogP contribution < -0.4 is 0 Å². The third-order valence-corrected chi connectivity index (χ3v) is 2.58. The van der Waals surface area contributed by atoms with Gasteiger partial charge in [0.1, 0.15) is 17.3 Å². The van der Waals surface area contributed by atoms with E-state index in [0.29, 0.717) is 12.2 Å². The van der Waals surface area contributed by atoms with Gasteiger partial charge in [-0.1, -0.05) is 6.92 Å². The molecule has 1 aromatic carbocycles. The third-order valence-electron chi connectivity index (χ3n) is 2.58. The summed E-state index contributed by atoms with van der Waals surface area (Å²) < 4.78 is 14.8. The van der Waals surface area contributed by atoms with Gasteiger partial charge in [0.25, 0.3) is 5.69 Å². The Labute approximate surface area is 103 Å². The fourth-order valence-corrected chi connectivity index (χ4v) is 1.81. The average molecular weight is 249 g/mol. The van der Waals surface area contributed by atoms with E-state index in [4.69, 9.17) is 0 Å². The Morgan fingerprint density at radius 3 is 2.94 bits per heavy atom. The molecule has 1 heterocycles. The molecule has 0 N–H and O–H groups in total. The molecule has 0 aliphatic heterocycles. The van der Waals surface area contributed by atoms with E-state index in [0.717, 1.165) is 18.6 Å². The van der Waals surface area contributed by atoms with Crippen LogP contribution in [0.4, 0.5) is 10.1 Å². The van der Waals surface area contributed by atoms with Crippen LogP contribution in [-0.2, 0) is 6.42 Å². The van der Waals surface area contributed by atoms with E-state index in [1.807, 2.05) is 6.92 Å². The van der Waals surface area contributed by atoms with Gasteiger partial charge in [0.05, 0.1) is 4.92 Å². The van der Waals surface area contributed by atoms with Crippen molar-refractivity contribution in [2.75, 3.05) is 0 Å². The van der Waals surface area contributed by atoms with Gasteiger partial charge in [-0.3, -0.25) is 14.7 Å². The van der Waals surface area contributed by atoms with Gasteiger partial charge >= 0.3 is 0 Å². The number of hydrogen-bond acceptors (Lipinski definition) is 3. The quantitative estimate of drug-likeness (QED) is 0.618. The van der Waals surface area contributed by atoms with E-state index in [1.54, 1.807) is 17.0 Å². The van der Waals surface area contributed by atoms with Gasteiger partial charge in [-0.2, -0.15) is 0 Å². The number of imidazole rings is 1. The fourth-order valence-electron chi connectivity index (χ4n) is 1.81. The third kappa shape index (κ3) is 2.22. The van der Waals surface area contributed by atoms with Crippen LogP contribution in [0.15, 0.2) is 30.6 Å². The molecule has 0 radical (unpaired) electrons. The number of aromatic nitrogens is 2. The number of rotatable bonds is 4. The predicted molar refractivity (Wildman–Crippen MR) is 64.2 cm³/mol. The van der Waals surface area contributed by atoms with Crippen LogP contribution >= 0.6 is 0 Å². The van der Waals surface area contributed by atoms with Gasteiger partial charge in [-0.05, 0) is 12.5 Å². The fraction of sp³-hybridized carbons (Fsp3) is 0.250. The molecular formula is C12H12FN3O2. The van der Waals surface area contributed by atoms with E-state index in [-0.39, 0.29) is 11.4 Å². The summed E-state index contributed by atoms with van der Waals surface area (Å²) in [6.07, 6.45) is 4.70. The van der Waals surface area contributed by atoms with Crippen LogP contribution in [0.3, 0.4) is 0 Å². The lowest BCUT2D eigenvalue weighted by Crippen LogP contribution is -2.04. The Bertz CT molecular complexity index is 580. The van der Waals surface area contributed by atoms with Crippen LogP contribution in [-0.4, -0.2) is 14.5 Å². The van der Waals surface area contributed by atoms with Crippen molar-refractivity contribution in [2.24, 2.45) is 0 Å². The molecule has 0 amide bonds. The number of benzene rings is 1. The maximum Gasteiger partial charge on any atom is 0.293 e. The Morgan fingerprint density at radius 2 is 2.28 bits per heavy atom. The van der Waals surface area contributed by atoms with Crippen molar-refractivity contribution >= 4 is 5.69 Å². The van der Waals surface area contributed by atoms with Crippen molar-refractivity contribution in [3.63, 3.8) is 0 Å². The van der Waals surface area contributed by atoms with Crippen molar-refractivity contribution in [2.45, 2.75) is 19.8 Å². The van der Waals surface area contributed by atoms with Crippen LogP contribution in [0.25, 0.3) is 5.69 Å². The number of nitro groups is 1. The zero-order chi connectivity index (χ0) is 13.1. The lowest BCUT2D eigenvalue weighted by atomic mass is 10.2. The van der Waals surface area contributed by atoms with E-state index in [9.17, 15) is 14.5 Å². The summed E-state index contributed by atoms with van der Waals surface area (Å²) in [5.41, 5.74) is 0.0766. The summed E-state index contributed by atoms with van der Waals surface area (Å²) in [7, 11) is 0. The Hall–Kier alpha value is -2.24. The number of hydrogen-bond donors (Lipinski definition) is 0. The van der Waals surface area contributed by atoms with Crippen molar-refractivity contribution < 1.29 is 9.31 Å². The SMILES string of the molecule is CCCc1nccn1-c1cc(F)ccc1[N+](=O)[O-]. The molecule has 94 valence electrons. The summed E-state index contributed by atoms with van der Waals surface area (Å²) in [5.74, 6) is 0.179. The van der Waals surface area contributed by atoms with Gasteiger partial charge < -0.3 is 0 Å². The van der Waals surface area contributed by atoms with Gasteiger partial charge in [0.15, 0.2) is 0 Å². The summed E-state index contributed by atoms with van der Waals surface area (Å²) in [4.78, 5) is 14.6. The van der Waals surface area contributed by atoms with Crippen molar-refractivity contribution in [3.05, 3.63) is 52.3 Å². The zero-order valence-electron chi connectivity index (χ0n) is 9.84. The van der Waals surface area contributed by atoms with E-state index >= 15 is 0 Å². The largest absolute Gasteiger partial charge is 0.297 e. The Morgan fingerprint density at radius 1 is 1.50 bits per heavy atom. The standard InChI is InChI=1S/C12H12FN3O2/c1-2-3-12-14-6-7-15(12)11-8-9(13)4-5-10(11)16(17)18/h4-8H,2-3H2,1H3. The molecule has 0 fully saturated rings. The lowest BCUT2D eigenvalue weighted by Gasteiger charge is -2.07. The molecule has 0 bridgehead atoms. The molecule has 5 nitrogen and oxygen atoms in total. The zero-order valence-corrected chi connectivity index (χ0v) is 9.84. The highest BCUT2D eigenvalue weighted by molar-refractivity contribution is 5.53. The Kier molecular flexibility index (Phi) is 3.36. The van der Waals surface area contributed by atoms with Gasteiger partial charge in [0.2, 0.25) is 0 Å². The van der Waals surface area contributed by atoms with Crippen molar-refractivity contribution in [1.82, 2.24) is 9.55 Å². The number of aryl methyl sites for hydroxylation is 1. The van der Waals surface area contributed by atoms with Gasteiger partial charge in [-0.15, -0.1) is 0 Å². The highest BCUT2D eigenvalue weighted by Crippen LogP contribution is 2.25. The summed E-state index contributed by atoms with van der Waals surface area (Å²) >= 11 is 0. The highest BCUT2D eigenvalue weighted by atomic mass is 19.1. The van der Waals surface area contributed by atoms with Crippen LogP contribution in [0, 0.1) is 15.9 Å². The summed E-state index contributed by atoms with van der Waals surface area (Å²) in [6.45, 7) is 1.99. The molecule has 0 spiro atoms. The maximum atomic E-state index is 13.3. The second-order valence-electron chi connectivity index (χ2n) is 3.85. The normalized spacial score (nSPS) is 10.6. The molecule has 1 aromatic heterocycles. The first-order valence-electron chi connectivity index (χ1n) is 5.60. The van der Waals surface area contributed by atoms with Crippen molar-refractivity contribution in [3.8, 4) is 5.69 Å². The molecule has 0 aliphatic carbocycles. The molecule has 0 saturated heterocycles. The average Bonchev–Trinajstić information content (AvgIpc) is 2.77. The first-order valence-corrected chi connectivity index (χ1v) is 5.60. The highest BCUT2D eigenvalue weighted by Gasteiger charge is 2.17. The lowest BCUT2D eigenvalue weighted by molar-refractivity contribution is -0.384. The second kappa shape index (κ2) is 4.95. The molecule has 0 atom stereocenters. The molecule has 2 rings (SSSR count). The van der Waals surface area contributed by atoms with E-state index in [1.165, 1.54) is 6.07 Å². The van der Waals surface area contributed by atoms with Crippen molar-refractivity contribution in [1.29, 1.82) is 0 Å². The number of nitro benzene ring substituents is 1. The minimum atomic E-state index is -0.523. The molecular weight excluding hydrogens is 237 g/mol. The predicted octanol–water partition coefficient (Wildman–Crippen LogP) is 2.87. The van der Waals surface area contributed by atoms with Crippen LogP contribution in [0.2, 0.25) is 0 Å². The molecule has 0 unspecified atom stereocenters. The van der Waals surface area contributed by atoms with Gasteiger partial charge in [-0.25, -0.2) is 9.37 Å². The van der Waals surface area contributed by atoms with E-state index in [2.05, 4.69) is 4.98 Å². The minimum Gasteiger partial charge on any atom is -0.297 e.